The fourth-order valence-corrected chi connectivity index (χ4v) is 2.20. The Morgan fingerprint density at radius 1 is 1.39 bits per heavy atom. The van der Waals surface area contributed by atoms with Gasteiger partial charge in [-0.2, -0.15) is 0 Å². The van der Waals surface area contributed by atoms with Crippen molar-refractivity contribution in [2.75, 3.05) is 23.3 Å². The summed E-state index contributed by atoms with van der Waals surface area (Å²) in [6.07, 6.45) is 7.72. The first-order valence-electron chi connectivity index (χ1n) is 7.16. The molecule has 0 atom stereocenters. The lowest BCUT2D eigenvalue weighted by Crippen LogP contribution is -2.29. The molecule has 1 heterocycles. The van der Waals surface area contributed by atoms with Gasteiger partial charge in [-0.05, 0) is 31.2 Å². The van der Waals surface area contributed by atoms with E-state index in [9.17, 15) is 0 Å². The van der Waals surface area contributed by atoms with E-state index in [4.69, 9.17) is 0 Å². The lowest BCUT2D eigenvalue weighted by atomic mass is 10.2. The predicted molar refractivity (Wildman–Crippen MR) is 78.2 cm³/mol. The van der Waals surface area contributed by atoms with Gasteiger partial charge in [0.05, 0.1) is 23.8 Å². The van der Waals surface area contributed by atoms with E-state index in [1.807, 2.05) is 12.4 Å². The first kappa shape index (κ1) is 13.2. The van der Waals surface area contributed by atoms with E-state index in [2.05, 4.69) is 42.0 Å². The van der Waals surface area contributed by atoms with Crippen molar-refractivity contribution in [1.82, 2.24) is 4.98 Å². The van der Waals surface area contributed by atoms with Crippen LogP contribution in [-0.2, 0) is 0 Å². The van der Waals surface area contributed by atoms with E-state index in [0.717, 1.165) is 31.2 Å². The normalized spacial score (nSPS) is 14.9. The molecule has 18 heavy (non-hydrogen) atoms. The molecule has 0 amide bonds. The minimum Gasteiger partial charge on any atom is -0.384 e. The molecule has 1 aromatic rings. The van der Waals surface area contributed by atoms with Crippen LogP contribution in [0.4, 0.5) is 11.4 Å². The van der Waals surface area contributed by atoms with Crippen molar-refractivity contribution in [2.45, 2.75) is 46.1 Å². The summed E-state index contributed by atoms with van der Waals surface area (Å²) in [6, 6.07) is 2.99. The van der Waals surface area contributed by atoms with Gasteiger partial charge in [-0.25, -0.2) is 0 Å². The van der Waals surface area contributed by atoms with Crippen LogP contribution in [0, 0.1) is 5.92 Å². The molecule has 3 nitrogen and oxygen atoms in total. The maximum atomic E-state index is 4.37. The summed E-state index contributed by atoms with van der Waals surface area (Å²) in [5.41, 5.74) is 2.41. The second kappa shape index (κ2) is 6.07. The van der Waals surface area contributed by atoms with Crippen LogP contribution in [-0.4, -0.2) is 24.1 Å². The molecule has 1 aliphatic carbocycles. The third-order valence-corrected chi connectivity index (χ3v) is 3.18. The molecule has 0 saturated heterocycles. The van der Waals surface area contributed by atoms with Gasteiger partial charge in [0, 0.05) is 19.1 Å². The van der Waals surface area contributed by atoms with Crippen molar-refractivity contribution in [1.29, 1.82) is 0 Å². The fourth-order valence-electron chi connectivity index (χ4n) is 2.20. The zero-order valence-electron chi connectivity index (χ0n) is 11.8. The molecule has 1 fully saturated rings. The highest BCUT2D eigenvalue weighted by Gasteiger charge is 2.29. The van der Waals surface area contributed by atoms with Crippen LogP contribution in [0.3, 0.4) is 0 Å². The van der Waals surface area contributed by atoms with Crippen LogP contribution in [0.2, 0.25) is 0 Å². The Kier molecular flexibility index (Phi) is 4.45. The average molecular weight is 247 g/mol. The Morgan fingerprint density at radius 2 is 2.17 bits per heavy atom. The fraction of sp³-hybridized carbons (Fsp3) is 0.667. The van der Waals surface area contributed by atoms with Crippen molar-refractivity contribution < 1.29 is 0 Å². The highest BCUT2D eigenvalue weighted by molar-refractivity contribution is 5.56. The number of hydrogen-bond acceptors (Lipinski definition) is 3. The molecule has 0 spiro atoms. The third kappa shape index (κ3) is 3.62. The molecule has 2 rings (SSSR count). The van der Waals surface area contributed by atoms with Gasteiger partial charge in [-0.1, -0.05) is 20.8 Å². The second-order valence-electron chi connectivity index (χ2n) is 5.64. The standard InChI is InChI=1S/C15H25N3/c1-4-7-17-13-8-15(10-16-9-13)18(11-12(2)3)14-5-6-14/h8-10,12,14,17H,4-7,11H2,1-3H3. The highest BCUT2D eigenvalue weighted by atomic mass is 15.2. The van der Waals surface area contributed by atoms with Crippen molar-refractivity contribution >= 4 is 11.4 Å². The van der Waals surface area contributed by atoms with Gasteiger partial charge in [0.2, 0.25) is 0 Å². The van der Waals surface area contributed by atoms with Crippen molar-refractivity contribution in [3.8, 4) is 0 Å². The molecule has 100 valence electrons. The van der Waals surface area contributed by atoms with Gasteiger partial charge >= 0.3 is 0 Å². The third-order valence-electron chi connectivity index (χ3n) is 3.18. The lowest BCUT2D eigenvalue weighted by molar-refractivity contribution is 0.607. The number of nitrogens with zero attached hydrogens (tertiary/aromatic N) is 2. The number of pyridine rings is 1. The minimum atomic E-state index is 0.692. The lowest BCUT2D eigenvalue weighted by Gasteiger charge is -2.26. The summed E-state index contributed by atoms with van der Waals surface area (Å²) in [6.45, 7) is 8.88. The van der Waals surface area contributed by atoms with E-state index in [-0.39, 0.29) is 0 Å². The van der Waals surface area contributed by atoms with Gasteiger partial charge in [0.15, 0.2) is 0 Å². The van der Waals surface area contributed by atoms with Crippen molar-refractivity contribution in [2.24, 2.45) is 5.92 Å². The molecule has 0 unspecified atom stereocenters. The Labute approximate surface area is 111 Å². The molecular formula is C15H25N3. The number of hydrogen-bond donors (Lipinski definition) is 1. The summed E-state index contributed by atoms with van der Waals surface area (Å²) >= 11 is 0. The Bertz CT molecular complexity index is 372. The Hall–Kier alpha value is -1.25. The zero-order valence-corrected chi connectivity index (χ0v) is 11.8. The predicted octanol–water partition coefficient (Wildman–Crippen LogP) is 3.53. The van der Waals surface area contributed by atoms with Gasteiger partial charge < -0.3 is 10.2 Å². The topological polar surface area (TPSA) is 28.2 Å². The number of nitrogens with one attached hydrogen (secondary N) is 1. The van der Waals surface area contributed by atoms with Crippen LogP contribution < -0.4 is 10.2 Å². The van der Waals surface area contributed by atoms with Gasteiger partial charge in [-0.15, -0.1) is 0 Å². The van der Waals surface area contributed by atoms with Gasteiger partial charge in [0.25, 0.3) is 0 Å². The minimum absolute atomic E-state index is 0.692. The number of anilines is 2. The van der Waals surface area contributed by atoms with Crippen LogP contribution in [0.5, 0.6) is 0 Å². The summed E-state index contributed by atoms with van der Waals surface area (Å²) < 4.78 is 0. The molecule has 1 N–H and O–H groups in total. The van der Waals surface area contributed by atoms with E-state index in [1.165, 1.54) is 18.5 Å². The van der Waals surface area contributed by atoms with Gasteiger partial charge in [0.1, 0.15) is 0 Å². The highest BCUT2D eigenvalue weighted by Crippen LogP contribution is 2.32. The number of aromatic nitrogens is 1. The molecule has 1 aliphatic rings. The molecule has 0 aromatic carbocycles. The quantitative estimate of drug-likeness (QED) is 0.799. The number of rotatable bonds is 7. The Balaban J connectivity index is 2.08. The largest absolute Gasteiger partial charge is 0.384 e. The molecule has 0 aliphatic heterocycles. The summed E-state index contributed by atoms with van der Waals surface area (Å²) in [7, 11) is 0. The van der Waals surface area contributed by atoms with Crippen molar-refractivity contribution in [3.63, 3.8) is 0 Å². The van der Waals surface area contributed by atoms with Gasteiger partial charge in [-0.3, -0.25) is 4.98 Å². The summed E-state index contributed by atoms with van der Waals surface area (Å²) in [5.74, 6) is 0.692. The van der Waals surface area contributed by atoms with Crippen molar-refractivity contribution in [3.05, 3.63) is 18.5 Å². The summed E-state index contributed by atoms with van der Waals surface area (Å²) in [5, 5.41) is 3.41. The zero-order chi connectivity index (χ0) is 13.0. The van der Waals surface area contributed by atoms with Crippen LogP contribution in [0.1, 0.15) is 40.0 Å². The van der Waals surface area contributed by atoms with E-state index >= 15 is 0 Å². The van der Waals surface area contributed by atoms with Crippen LogP contribution in [0.15, 0.2) is 18.5 Å². The molecule has 1 saturated carbocycles. The summed E-state index contributed by atoms with van der Waals surface area (Å²) in [4.78, 5) is 6.89. The maximum absolute atomic E-state index is 4.37. The maximum Gasteiger partial charge on any atom is 0.0576 e. The molecule has 1 aromatic heterocycles. The SMILES string of the molecule is CCCNc1cncc(N(CC(C)C)C2CC2)c1. The van der Waals surface area contributed by atoms with Crippen LogP contribution in [0.25, 0.3) is 0 Å². The monoisotopic (exact) mass is 247 g/mol. The molecule has 0 bridgehead atoms. The van der Waals surface area contributed by atoms with Crippen LogP contribution >= 0.6 is 0 Å². The average Bonchev–Trinajstić information content (AvgIpc) is 3.18. The molecule has 3 heteroatoms. The van der Waals surface area contributed by atoms with E-state index in [1.54, 1.807) is 0 Å². The first-order valence-corrected chi connectivity index (χ1v) is 7.16. The van der Waals surface area contributed by atoms with E-state index < -0.39 is 0 Å². The van der Waals surface area contributed by atoms with E-state index in [0.29, 0.717) is 5.92 Å². The first-order chi connectivity index (χ1) is 8.70. The molecular weight excluding hydrogens is 222 g/mol. The Morgan fingerprint density at radius 3 is 2.78 bits per heavy atom. The second-order valence-corrected chi connectivity index (χ2v) is 5.64. The smallest absolute Gasteiger partial charge is 0.0576 e. The molecule has 0 radical (unpaired) electrons.